The number of aliphatic hydroxyl groups excluding tert-OH is 2. The molecule has 0 aliphatic carbocycles. The number of carbonyl (C=O) groups excluding carboxylic acids is 3. The molecule has 3 heterocycles. The van der Waals surface area contributed by atoms with Crippen LogP contribution in [0.1, 0.15) is 111 Å². The molecule has 366 valence electrons. The number of phosphoric ester groups is 3. The molecule has 1 aliphatic rings. The number of nitrogens with two attached hydrogens (primary N) is 1. The van der Waals surface area contributed by atoms with Gasteiger partial charge in [-0.2, -0.15) is 4.31 Å². The second kappa shape index (κ2) is 26.2. The number of hydrogen-bond donors (Lipinski definition) is 9. The summed E-state index contributed by atoms with van der Waals surface area (Å²) in [5.41, 5.74) is 4.29. The minimum Gasteiger partial charge on any atom is -0.386 e. The standard InChI is InChI=1S/C36H64N7O17P3S/c1-24(2)14-12-10-8-6-5-7-9-11-13-15-27(45)64-19-18-38-26(44)16-17-39-34(48)31(47)36(3,4)21-57-63(54,55)60-62(52,53)56-20-25-30(59-61(49,50)51)29(46)35(58-25)43-23-42-28-32(37)40-22-41-33(28)43/h22-25,29-31,35,46-47H,5-21H2,1-4H3,(H,38,44)(H,39,48)(H,52,53)(H,54,55)(H2,37,40,41)(H2,49,50,51)/t25-,29-,30-,31+,35-/m0/s1. The third kappa shape index (κ3) is 19.8. The fourth-order valence-electron chi connectivity index (χ4n) is 6.43. The zero-order chi connectivity index (χ0) is 47.7. The van der Waals surface area contributed by atoms with Crippen LogP contribution in [0.25, 0.3) is 11.2 Å². The van der Waals surface area contributed by atoms with E-state index < -0.39 is 84.6 Å². The van der Waals surface area contributed by atoms with E-state index in [4.69, 9.17) is 19.5 Å². The lowest BCUT2D eigenvalue weighted by Crippen LogP contribution is -2.46. The summed E-state index contributed by atoms with van der Waals surface area (Å²) in [6.45, 7) is 5.08. The summed E-state index contributed by atoms with van der Waals surface area (Å²) in [4.78, 5) is 88.2. The molecule has 7 atom stereocenters. The third-order valence-electron chi connectivity index (χ3n) is 9.93. The van der Waals surface area contributed by atoms with Crippen LogP contribution in [0.3, 0.4) is 0 Å². The van der Waals surface area contributed by atoms with Crippen LogP contribution < -0.4 is 16.4 Å². The van der Waals surface area contributed by atoms with Gasteiger partial charge in [-0.3, -0.25) is 32.5 Å². The number of phosphoric acid groups is 3. The molecule has 24 nitrogen and oxygen atoms in total. The summed E-state index contributed by atoms with van der Waals surface area (Å²) in [5, 5.41) is 26.6. The molecule has 0 radical (unpaired) electrons. The molecule has 1 fully saturated rings. The van der Waals surface area contributed by atoms with Crippen molar-refractivity contribution in [1.82, 2.24) is 30.2 Å². The maximum absolute atomic E-state index is 12.7. The van der Waals surface area contributed by atoms with Crippen molar-refractivity contribution >= 4 is 69.1 Å². The number of amides is 2. The Bertz CT molecular complexity index is 1960. The highest BCUT2D eigenvalue weighted by Gasteiger charge is 2.50. The van der Waals surface area contributed by atoms with E-state index in [0.717, 1.165) is 54.2 Å². The Morgan fingerprint density at radius 3 is 2.17 bits per heavy atom. The highest BCUT2D eigenvalue weighted by atomic mass is 32.2. The van der Waals surface area contributed by atoms with Crippen LogP contribution in [0.2, 0.25) is 0 Å². The average Bonchev–Trinajstić information content (AvgIpc) is 3.76. The highest BCUT2D eigenvalue weighted by Crippen LogP contribution is 2.61. The van der Waals surface area contributed by atoms with Gasteiger partial charge in [0.15, 0.2) is 22.8 Å². The largest absolute Gasteiger partial charge is 0.481 e. The zero-order valence-corrected chi connectivity index (χ0v) is 39.9. The van der Waals surface area contributed by atoms with Gasteiger partial charge in [0, 0.05) is 37.1 Å². The number of thioether (sulfide) groups is 1. The quantitative estimate of drug-likeness (QED) is 0.0385. The number of nitrogens with zero attached hydrogens (tertiary/aromatic N) is 4. The number of rotatable bonds is 31. The van der Waals surface area contributed by atoms with Crippen molar-refractivity contribution in [3.05, 3.63) is 12.7 Å². The Kier molecular flexibility index (Phi) is 22.9. The normalized spacial score (nSPS) is 20.5. The summed E-state index contributed by atoms with van der Waals surface area (Å²) in [5.74, 6) is -0.256. The van der Waals surface area contributed by atoms with Gasteiger partial charge in [-0.05, 0) is 12.3 Å². The van der Waals surface area contributed by atoms with Gasteiger partial charge in [0.2, 0.25) is 11.8 Å². The summed E-state index contributed by atoms with van der Waals surface area (Å²) in [6.07, 6.45) is 5.43. The molecule has 28 heteroatoms. The Morgan fingerprint density at radius 1 is 0.906 bits per heavy atom. The number of aromatic nitrogens is 4. The smallest absolute Gasteiger partial charge is 0.386 e. The lowest BCUT2D eigenvalue weighted by Gasteiger charge is -2.30. The number of ether oxygens (including phenoxy) is 1. The van der Waals surface area contributed by atoms with Gasteiger partial charge in [-0.15, -0.1) is 0 Å². The first-order chi connectivity index (χ1) is 29.9. The third-order valence-corrected chi connectivity index (χ3v) is 14.0. The maximum atomic E-state index is 12.7. The van der Waals surface area contributed by atoms with E-state index in [1.165, 1.54) is 58.8 Å². The summed E-state index contributed by atoms with van der Waals surface area (Å²) >= 11 is 1.15. The van der Waals surface area contributed by atoms with Gasteiger partial charge in [-0.25, -0.2) is 28.6 Å². The number of imidazole rings is 1. The molecule has 2 amide bonds. The van der Waals surface area contributed by atoms with Gasteiger partial charge >= 0.3 is 23.5 Å². The van der Waals surface area contributed by atoms with Crippen LogP contribution in [-0.4, -0.2) is 123 Å². The van der Waals surface area contributed by atoms with Gasteiger partial charge in [-0.1, -0.05) is 97.2 Å². The SMILES string of the molecule is CC(C)CCCCCCCCCCCC(=O)SCCNC(=O)CCNC(=O)[C@@H](O)C(C)(C)COP(=O)(O)OP(=O)(O)OC[C@@H]1O[C@H](n2cnc3c(N)ncnc32)[C@@H](O)[C@H]1OP(=O)(O)O. The Morgan fingerprint density at radius 2 is 1.53 bits per heavy atom. The summed E-state index contributed by atoms with van der Waals surface area (Å²) in [6, 6.07) is 0. The van der Waals surface area contributed by atoms with Crippen molar-refractivity contribution in [1.29, 1.82) is 0 Å². The number of hydrogen-bond acceptors (Lipinski definition) is 18. The van der Waals surface area contributed by atoms with Crippen LogP contribution in [0.5, 0.6) is 0 Å². The number of aliphatic hydroxyl groups is 2. The topological polar surface area (TPSA) is 364 Å². The lowest BCUT2D eigenvalue weighted by atomic mass is 9.87. The molecule has 10 N–H and O–H groups in total. The van der Waals surface area contributed by atoms with E-state index in [1.807, 2.05) is 0 Å². The van der Waals surface area contributed by atoms with Crippen molar-refractivity contribution in [2.24, 2.45) is 11.3 Å². The molecule has 3 rings (SSSR count). The molecule has 2 aromatic rings. The average molecular weight is 992 g/mol. The first-order valence-corrected chi connectivity index (χ1v) is 26.5. The molecule has 0 aromatic carbocycles. The number of fused-ring (bicyclic) bond motifs is 1. The van der Waals surface area contributed by atoms with E-state index in [-0.39, 0.29) is 41.6 Å². The van der Waals surface area contributed by atoms with Gasteiger partial charge in [0.25, 0.3) is 0 Å². The van der Waals surface area contributed by atoms with Crippen LogP contribution in [0, 0.1) is 11.3 Å². The lowest BCUT2D eigenvalue weighted by molar-refractivity contribution is -0.137. The molecule has 1 saturated heterocycles. The Balaban J connectivity index is 1.34. The minimum atomic E-state index is -5.57. The fourth-order valence-corrected chi connectivity index (χ4v) is 9.98. The molecule has 64 heavy (non-hydrogen) atoms. The Hall–Kier alpha value is -2.44. The molecule has 0 spiro atoms. The number of anilines is 1. The predicted octanol–water partition coefficient (Wildman–Crippen LogP) is 3.61. The van der Waals surface area contributed by atoms with Crippen molar-refractivity contribution in [3.8, 4) is 0 Å². The van der Waals surface area contributed by atoms with Crippen LogP contribution in [0.4, 0.5) is 5.82 Å². The van der Waals surface area contributed by atoms with Gasteiger partial charge in [0.05, 0.1) is 19.5 Å². The van der Waals surface area contributed by atoms with Crippen LogP contribution in [-0.2, 0) is 50.7 Å². The van der Waals surface area contributed by atoms with E-state index in [2.05, 4.69) is 48.3 Å². The highest BCUT2D eigenvalue weighted by molar-refractivity contribution is 8.13. The second-order valence-electron chi connectivity index (χ2n) is 16.4. The molecule has 2 unspecified atom stereocenters. The van der Waals surface area contributed by atoms with Crippen molar-refractivity contribution < 1.29 is 80.5 Å². The monoisotopic (exact) mass is 991 g/mol. The second-order valence-corrected chi connectivity index (χ2v) is 21.8. The first-order valence-electron chi connectivity index (χ1n) is 21.0. The van der Waals surface area contributed by atoms with Crippen molar-refractivity contribution in [2.75, 3.05) is 37.8 Å². The van der Waals surface area contributed by atoms with E-state index in [1.54, 1.807) is 0 Å². The maximum Gasteiger partial charge on any atom is 0.481 e. The number of carbonyl (C=O) groups is 3. The summed E-state index contributed by atoms with van der Waals surface area (Å²) in [7, 11) is -16.4. The van der Waals surface area contributed by atoms with Crippen molar-refractivity contribution in [2.45, 2.75) is 135 Å². The summed E-state index contributed by atoms with van der Waals surface area (Å²) < 4.78 is 62.4. The van der Waals surface area contributed by atoms with Gasteiger partial charge in [0.1, 0.15) is 36.3 Å². The zero-order valence-electron chi connectivity index (χ0n) is 36.4. The molecular weight excluding hydrogens is 927 g/mol. The van der Waals surface area contributed by atoms with Gasteiger partial charge < -0.3 is 50.9 Å². The first kappa shape index (κ1) is 55.9. The van der Waals surface area contributed by atoms with E-state index in [0.29, 0.717) is 12.2 Å². The molecule has 2 aromatic heterocycles. The Labute approximate surface area is 376 Å². The van der Waals surface area contributed by atoms with Crippen molar-refractivity contribution in [3.63, 3.8) is 0 Å². The van der Waals surface area contributed by atoms with E-state index in [9.17, 15) is 57.9 Å². The number of nitrogens with one attached hydrogen (secondary N) is 2. The van der Waals surface area contributed by atoms with E-state index >= 15 is 0 Å². The molecule has 0 bridgehead atoms. The molecule has 0 saturated carbocycles. The molecular formula is C36H64N7O17P3S. The predicted molar refractivity (Wildman–Crippen MR) is 233 cm³/mol. The molecule has 1 aliphatic heterocycles. The van der Waals surface area contributed by atoms with Crippen LogP contribution >= 0.6 is 35.2 Å². The minimum absolute atomic E-state index is 0.0334. The van der Waals surface area contributed by atoms with Crippen LogP contribution in [0.15, 0.2) is 12.7 Å². The number of nitrogen functional groups attached to an aromatic ring is 1. The fraction of sp³-hybridized carbons (Fsp3) is 0.778. The number of unbranched alkanes of at least 4 members (excludes halogenated alkanes) is 8.